The second-order valence-corrected chi connectivity index (χ2v) is 6.63. The number of H-pyrrole nitrogens is 1. The normalized spacial score (nSPS) is 16.7. The molecule has 3 aromatic rings. The number of halogens is 1. The van der Waals surface area contributed by atoms with Crippen LogP contribution < -0.4 is 10.6 Å². The first-order chi connectivity index (χ1) is 12.6. The molecule has 1 unspecified atom stereocenters. The van der Waals surface area contributed by atoms with E-state index in [2.05, 4.69) is 25.8 Å². The van der Waals surface area contributed by atoms with Crippen LogP contribution in [0.25, 0.3) is 22.3 Å². The number of anilines is 1. The molecule has 2 aromatic heterocycles. The first-order valence-electron chi connectivity index (χ1n) is 8.79. The van der Waals surface area contributed by atoms with Gasteiger partial charge in [-0.05, 0) is 49.1 Å². The summed E-state index contributed by atoms with van der Waals surface area (Å²) in [5.74, 6) is 0.818. The lowest BCUT2D eigenvalue weighted by atomic mass is 9.89. The number of carbonyl (C=O) groups excluding carboxylic acids is 1. The predicted octanol–water partition coefficient (Wildman–Crippen LogP) is 3.18. The lowest BCUT2D eigenvalue weighted by Crippen LogP contribution is -2.28. The van der Waals surface area contributed by atoms with Crippen molar-refractivity contribution in [3.63, 3.8) is 0 Å². The highest BCUT2D eigenvalue weighted by atomic mass is 35.5. The van der Waals surface area contributed by atoms with Crippen molar-refractivity contribution < 1.29 is 9.90 Å². The Morgan fingerprint density at radius 1 is 1.33 bits per heavy atom. The molecule has 4 N–H and O–H groups in total. The van der Waals surface area contributed by atoms with Crippen molar-refractivity contribution in [3.05, 3.63) is 35.9 Å². The molecule has 0 radical (unpaired) electrons. The lowest BCUT2D eigenvalue weighted by Gasteiger charge is -2.24. The van der Waals surface area contributed by atoms with Crippen molar-refractivity contribution in [2.75, 3.05) is 18.4 Å². The maximum Gasteiger partial charge on any atom is 0.222 e. The average Bonchev–Trinajstić information content (AvgIpc) is 3.04. The van der Waals surface area contributed by atoms with Gasteiger partial charge < -0.3 is 15.7 Å². The van der Waals surface area contributed by atoms with Crippen LogP contribution in [-0.4, -0.2) is 39.3 Å². The van der Waals surface area contributed by atoms with Crippen LogP contribution >= 0.6 is 12.4 Å². The largest absolute Gasteiger partial charge is 0.507 e. The molecule has 4 rings (SSSR count). The number of aromatic hydroxyl groups is 1. The van der Waals surface area contributed by atoms with Crippen molar-refractivity contribution in [2.45, 2.75) is 25.7 Å². The van der Waals surface area contributed by atoms with Gasteiger partial charge in [0.15, 0.2) is 11.5 Å². The molecule has 142 valence electrons. The predicted molar refractivity (Wildman–Crippen MR) is 107 cm³/mol. The van der Waals surface area contributed by atoms with Gasteiger partial charge in [-0.1, -0.05) is 12.1 Å². The fraction of sp³-hybridized carbons (Fsp3) is 0.316. The molecular weight excluding hydrogens is 366 g/mol. The van der Waals surface area contributed by atoms with E-state index in [9.17, 15) is 9.90 Å². The Morgan fingerprint density at radius 3 is 2.85 bits per heavy atom. The van der Waals surface area contributed by atoms with Crippen LogP contribution in [0.1, 0.15) is 31.2 Å². The lowest BCUT2D eigenvalue weighted by molar-refractivity contribution is -0.114. The number of nitrogens with one attached hydrogen (secondary N) is 3. The van der Waals surface area contributed by atoms with Crippen LogP contribution in [0, 0.1) is 0 Å². The minimum Gasteiger partial charge on any atom is -0.507 e. The number of rotatable bonds is 3. The van der Waals surface area contributed by atoms with Crippen molar-refractivity contribution >= 4 is 35.2 Å². The zero-order valence-electron chi connectivity index (χ0n) is 15.0. The highest BCUT2D eigenvalue weighted by Crippen LogP contribution is 2.37. The van der Waals surface area contributed by atoms with E-state index in [1.165, 1.54) is 6.92 Å². The molecule has 0 saturated carbocycles. The summed E-state index contributed by atoms with van der Waals surface area (Å²) in [5, 5.41) is 24.5. The van der Waals surface area contributed by atoms with Gasteiger partial charge >= 0.3 is 0 Å². The molecule has 1 aliphatic heterocycles. The number of pyridine rings is 1. The molecule has 1 saturated heterocycles. The van der Waals surface area contributed by atoms with E-state index in [1.807, 2.05) is 18.2 Å². The third-order valence-corrected chi connectivity index (χ3v) is 4.77. The zero-order valence-corrected chi connectivity index (χ0v) is 15.8. The highest BCUT2D eigenvalue weighted by Gasteiger charge is 2.23. The van der Waals surface area contributed by atoms with E-state index in [0.717, 1.165) is 36.9 Å². The van der Waals surface area contributed by atoms with Crippen molar-refractivity contribution in [1.29, 1.82) is 0 Å². The Morgan fingerprint density at radius 2 is 2.15 bits per heavy atom. The number of phenols is 1. The van der Waals surface area contributed by atoms with E-state index >= 15 is 0 Å². The topological polar surface area (TPSA) is 103 Å². The molecule has 0 spiro atoms. The maximum absolute atomic E-state index is 11.5. The number of phenolic OH excluding ortho intramolecular Hbond substituents is 1. The number of para-hydroxylation sites is 1. The molecule has 27 heavy (non-hydrogen) atoms. The number of aromatic nitrogens is 3. The maximum atomic E-state index is 11.5. The van der Waals surface area contributed by atoms with Crippen LogP contribution in [0.15, 0.2) is 30.3 Å². The Hall–Kier alpha value is -2.64. The molecule has 1 amide bonds. The van der Waals surface area contributed by atoms with Crippen LogP contribution in [0.3, 0.4) is 0 Å². The number of carbonyl (C=O) groups is 1. The van der Waals surface area contributed by atoms with Gasteiger partial charge in [0.25, 0.3) is 0 Å². The molecule has 8 heteroatoms. The molecule has 1 aliphatic rings. The van der Waals surface area contributed by atoms with Gasteiger partial charge in [0.2, 0.25) is 5.91 Å². The molecule has 1 fully saturated rings. The zero-order chi connectivity index (χ0) is 18.1. The number of benzene rings is 1. The van der Waals surface area contributed by atoms with E-state index in [-0.39, 0.29) is 24.1 Å². The van der Waals surface area contributed by atoms with Gasteiger partial charge in [-0.3, -0.25) is 9.89 Å². The van der Waals surface area contributed by atoms with Crippen molar-refractivity contribution in [2.24, 2.45) is 0 Å². The van der Waals surface area contributed by atoms with Gasteiger partial charge in [-0.15, -0.1) is 12.4 Å². The summed E-state index contributed by atoms with van der Waals surface area (Å²) in [6, 6.07) is 9.17. The molecule has 1 aromatic carbocycles. The van der Waals surface area contributed by atoms with E-state index in [1.54, 1.807) is 12.1 Å². The summed E-state index contributed by atoms with van der Waals surface area (Å²) in [7, 11) is 0. The van der Waals surface area contributed by atoms with Gasteiger partial charge in [0.05, 0.1) is 11.1 Å². The number of piperidine rings is 1. The molecule has 3 heterocycles. The number of hydrogen-bond acceptors (Lipinski definition) is 5. The Balaban J connectivity index is 0.00000210. The van der Waals surface area contributed by atoms with Crippen LogP contribution in [0.2, 0.25) is 0 Å². The summed E-state index contributed by atoms with van der Waals surface area (Å²) < 4.78 is 0. The minimum atomic E-state index is -0.170. The van der Waals surface area contributed by atoms with Gasteiger partial charge in [0, 0.05) is 19.0 Å². The molecule has 7 nitrogen and oxygen atoms in total. The van der Waals surface area contributed by atoms with Gasteiger partial charge in [0.1, 0.15) is 5.75 Å². The fourth-order valence-corrected chi connectivity index (χ4v) is 3.58. The van der Waals surface area contributed by atoms with Crippen LogP contribution in [0.5, 0.6) is 5.75 Å². The monoisotopic (exact) mass is 387 g/mol. The Bertz CT molecular complexity index is 966. The average molecular weight is 388 g/mol. The van der Waals surface area contributed by atoms with Crippen molar-refractivity contribution in [3.8, 4) is 17.0 Å². The van der Waals surface area contributed by atoms with E-state index < -0.39 is 0 Å². The summed E-state index contributed by atoms with van der Waals surface area (Å²) in [6.45, 7) is 3.34. The summed E-state index contributed by atoms with van der Waals surface area (Å²) in [6.07, 6.45) is 2.14. The smallest absolute Gasteiger partial charge is 0.222 e. The molecule has 0 aliphatic carbocycles. The molecule has 1 atom stereocenters. The van der Waals surface area contributed by atoms with E-state index in [4.69, 9.17) is 0 Å². The van der Waals surface area contributed by atoms with Crippen molar-refractivity contribution in [1.82, 2.24) is 20.5 Å². The van der Waals surface area contributed by atoms with Gasteiger partial charge in [-0.25, -0.2) is 4.98 Å². The number of nitrogens with zero attached hydrogens (tertiary/aromatic N) is 2. The highest BCUT2D eigenvalue weighted by molar-refractivity contribution is 6.00. The first kappa shape index (κ1) is 19.1. The van der Waals surface area contributed by atoms with Crippen LogP contribution in [-0.2, 0) is 4.79 Å². The summed E-state index contributed by atoms with van der Waals surface area (Å²) in [4.78, 5) is 16.2. The van der Waals surface area contributed by atoms with Gasteiger partial charge in [-0.2, -0.15) is 5.10 Å². The van der Waals surface area contributed by atoms with Crippen LogP contribution in [0.4, 0.5) is 5.82 Å². The number of hydrogen-bond donors (Lipinski definition) is 4. The standard InChI is InChI=1S/C19H21N5O2.ClH/c1-11(25)21-18-17-14(12-5-4-8-20-10-12)9-15(22-19(17)24-23-18)13-6-2-3-7-16(13)26;/h2-3,6-7,9,12,20,26H,4-5,8,10H2,1H3,(H2,21,22,23,24,25);1H. The first-order valence-corrected chi connectivity index (χ1v) is 8.79. The third-order valence-electron chi connectivity index (χ3n) is 4.77. The quantitative estimate of drug-likeness (QED) is 0.552. The Labute approximate surface area is 163 Å². The SMILES string of the molecule is CC(=O)Nc1n[nH]c2nc(-c3ccccc3O)cc(C3CCCNC3)c12.Cl. The summed E-state index contributed by atoms with van der Waals surface area (Å²) in [5.41, 5.74) is 3.05. The van der Waals surface area contributed by atoms with E-state index in [0.29, 0.717) is 28.6 Å². The molecular formula is C19H22ClN5O2. The number of amides is 1. The minimum absolute atomic E-state index is 0. The summed E-state index contributed by atoms with van der Waals surface area (Å²) >= 11 is 0. The second-order valence-electron chi connectivity index (χ2n) is 6.63. The number of aromatic amines is 1. The Kier molecular flexibility index (Phi) is 5.62. The number of fused-ring (bicyclic) bond motifs is 1. The fourth-order valence-electron chi connectivity index (χ4n) is 3.58. The third kappa shape index (κ3) is 3.74. The second kappa shape index (κ2) is 7.94. The molecule has 0 bridgehead atoms.